The van der Waals surface area contributed by atoms with E-state index >= 15 is 0 Å². The van der Waals surface area contributed by atoms with Crippen LogP contribution in [0.25, 0.3) is 0 Å². The summed E-state index contributed by atoms with van der Waals surface area (Å²) in [6.45, 7) is 8.82. The van der Waals surface area contributed by atoms with E-state index in [1.54, 1.807) is 0 Å². The second-order valence-electron chi connectivity index (χ2n) is 5.73. The van der Waals surface area contributed by atoms with Gasteiger partial charge >= 0.3 is 0 Å². The molecule has 0 heterocycles. The smallest absolute Gasteiger partial charge is 0.233 e. The molecule has 0 radical (unpaired) electrons. The van der Waals surface area contributed by atoms with E-state index < -0.39 is 0 Å². The standard InChI is InChI=1S/C12H24N2O/c1-12(2,3)6-7-14-11(15)9-13-8-10-4-5-10/h10,13H,4-9H2,1-3H3,(H,14,15). The SMILES string of the molecule is CC(C)(C)CCNC(=O)CNCC1CC1. The molecule has 1 aliphatic rings. The number of amides is 1. The summed E-state index contributed by atoms with van der Waals surface area (Å²) in [7, 11) is 0. The Morgan fingerprint density at radius 2 is 2.00 bits per heavy atom. The van der Waals surface area contributed by atoms with Gasteiger partial charge in [-0.2, -0.15) is 0 Å². The van der Waals surface area contributed by atoms with E-state index in [1.807, 2.05) is 0 Å². The molecule has 0 aliphatic heterocycles. The zero-order valence-corrected chi connectivity index (χ0v) is 10.2. The van der Waals surface area contributed by atoms with Crippen LogP contribution in [0.3, 0.4) is 0 Å². The molecule has 1 fully saturated rings. The van der Waals surface area contributed by atoms with Crippen LogP contribution in [0.1, 0.15) is 40.0 Å². The fourth-order valence-corrected chi connectivity index (χ4v) is 1.35. The highest BCUT2D eigenvalue weighted by Crippen LogP contribution is 2.27. The molecule has 1 saturated carbocycles. The fourth-order valence-electron chi connectivity index (χ4n) is 1.35. The molecule has 88 valence electrons. The summed E-state index contributed by atoms with van der Waals surface area (Å²) in [5, 5.41) is 6.11. The molecule has 3 nitrogen and oxygen atoms in total. The van der Waals surface area contributed by atoms with Crippen LogP contribution in [0.4, 0.5) is 0 Å². The number of nitrogens with one attached hydrogen (secondary N) is 2. The zero-order valence-electron chi connectivity index (χ0n) is 10.2. The van der Waals surface area contributed by atoms with Crippen molar-refractivity contribution < 1.29 is 4.79 Å². The molecule has 0 aromatic rings. The molecule has 0 aromatic heterocycles. The number of carbonyl (C=O) groups is 1. The molecule has 0 spiro atoms. The monoisotopic (exact) mass is 212 g/mol. The lowest BCUT2D eigenvalue weighted by Crippen LogP contribution is -2.36. The quantitative estimate of drug-likeness (QED) is 0.701. The maximum Gasteiger partial charge on any atom is 0.233 e. The first-order valence-electron chi connectivity index (χ1n) is 5.95. The summed E-state index contributed by atoms with van der Waals surface area (Å²) in [5.74, 6) is 0.965. The summed E-state index contributed by atoms with van der Waals surface area (Å²) < 4.78 is 0. The predicted molar refractivity (Wildman–Crippen MR) is 62.7 cm³/mol. The highest BCUT2D eigenvalue weighted by molar-refractivity contribution is 5.77. The molecule has 0 aromatic carbocycles. The van der Waals surface area contributed by atoms with E-state index in [-0.39, 0.29) is 5.91 Å². The molecule has 3 heteroatoms. The van der Waals surface area contributed by atoms with Crippen molar-refractivity contribution in [2.24, 2.45) is 11.3 Å². The third-order valence-corrected chi connectivity index (χ3v) is 2.61. The van der Waals surface area contributed by atoms with Gasteiger partial charge in [-0.05, 0) is 37.1 Å². The van der Waals surface area contributed by atoms with Crippen LogP contribution in [0.2, 0.25) is 0 Å². The van der Waals surface area contributed by atoms with Gasteiger partial charge in [0.05, 0.1) is 6.54 Å². The first-order chi connectivity index (χ1) is 6.97. The lowest BCUT2D eigenvalue weighted by molar-refractivity contribution is -0.120. The third kappa shape index (κ3) is 7.37. The fraction of sp³-hybridized carbons (Fsp3) is 0.917. The summed E-state index contributed by atoms with van der Waals surface area (Å²) >= 11 is 0. The Labute approximate surface area is 93.0 Å². The van der Waals surface area contributed by atoms with Gasteiger partial charge < -0.3 is 10.6 Å². The van der Waals surface area contributed by atoms with E-state index in [0.717, 1.165) is 25.4 Å². The predicted octanol–water partition coefficient (Wildman–Crippen LogP) is 1.54. The van der Waals surface area contributed by atoms with Crippen molar-refractivity contribution in [2.45, 2.75) is 40.0 Å². The van der Waals surface area contributed by atoms with Crippen molar-refractivity contribution in [3.05, 3.63) is 0 Å². The zero-order chi connectivity index (χ0) is 11.3. The van der Waals surface area contributed by atoms with Gasteiger partial charge in [0, 0.05) is 6.54 Å². The Morgan fingerprint density at radius 3 is 2.53 bits per heavy atom. The van der Waals surface area contributed by atoms with Gasteiger partial charge in [-0.1, -0.05) is 20.8 Å². The molecule has 1 amide bonds. The lowest BCUT2D eigenvalue weighted by Gasteiger charge is -2.18. The van der Waals surface area contributed by atoms with Crippen LogP contribution in [0.15, 0.2) is 0 Å². The van der Waals surface area contributed by atoms with Gasteiger partial charge in [0.15, 0.2) is 0 Å². The largest absolute Gasteiger partial charge is 0.355 e. The molecule has 0 bridgehead atoms. The number of hydrogen-bond donors (Lipinski definition) is 2. The first kappa shape index (κ1) is 12.5. The van der Waals surface area contributed by atoms with Gasteiger partial charge in [-0.3, -0.25) is 4.79 Å². The van der Waals surface area contributed by atoms with Crippen LogP contribution in [-0.4, -0.2) is 25.5 Å². The number of rotatable bonds is 6. The van der Waals surface area contributed by atoms with Crippen molar-refractivity contribution in [2.75, 3.05) is 19.6 Å². The average molecular weight is 212 g/mol. The number of carbonyl (C=O) groups excluding carboxylic acids is 1. The van der Waals surface area contributed by atoms with Crippen molar-refractivity contribution in [3.63, 3.8) is 0 Å². The minimum atomic E-state index is 0.125. The van der Waals surface area contributed by atoms with Gasteiger partial charge in [0.1, 0.15) is 0 Å². The Balaban J connectivity index is 1.93. The van der Waals surface area contributed by atoms with Crippen molar-refractivity contribution in [3.8, 4) is 0 Å². The van der Waals surface area contributed by atoms with Crippen LogP contribution in [0, 0.1) is 11.3 Å². The van der Waals surface area contributed by atoms with Crippen LogP contribution in [-0.2, 0) is 4.79 Å². The van der Waals surface area contributed by atoms with Crippen LogP contribution >= 0.6 is 0 Å². The summed E-state index contributed by atoms with van der Waals surface area (Å²) in [6, 6.07) is 0. The molecule has 0 saturated heterocycles. The van der Waals surface area contributed by atoms with Crippen LogP contribution < -0.4 is 10.6 Å². The van der Waals surface area contributed by atoms with E-state index in [1.165, 1.54) is 12.8 Å². The van der Waals surface area contributed by atoms with Gasteiger partial charge in [-0.25, -0.2) is 0 Å². The van der Waals surface area contributed by atoms with Gasteiger partial charge in [-0.15, -0.1) is 0 Å². The summed E-state index contributed by atoms with van der Waals surface area (Å²) in [4.78, 5) is 11.4. The highest BCUT2D eigenvalue weighted by atomic mass is 16.1. The van der Waals surface area contributed by atoms with E-state index in [4.69, 9.17) is 0 Å². The minimum Gasteiger partial charge on any atom is -0.355 e. The molecule has 1 rings (SSSR count). The molecule has 0 atom stereocenters. The van der Waals surface area contributed by atoms with Crippen molar-refractivity contribution >= 4 is 5.91 Å². The minimum absolute atomic E-state index is 0.125. The van der Waals surface area contributed by atoms with Crippen molar-refractivity contribution in [1.82, 2.24) is 10.6 Å². The summed E-state index contributed by atoms with van der Waals surface area (Å²) in [6.07, 6.45) is 3.69. The third-order valence-electron chi connectivity index (χ3n) is 2.61. The van der Waals surface area contributed by atoms with E-state index in [2.05, 4.69) is 31.4 Å². The van der Waals surface area contributed by atoms with Crippen molar-refractivity contribution in [1.29, 1.82) is 0 Å². The van der Waals surface area contributed by atoms with E-state index in [9.17, 15) is 4.79 Å². The molecular weight excluding hydrogens is 188 g/mol. The molecule has 15 heavy (non-hydrogen) atoms. The Morgan fingerprint density at radius 1 is 1.33 bits per heavy atom. The van der Waals surface area contributed by atoms with Gasteiger partial charge in [0.2, 0.25) is 5.91 Å². The van der Waals surface area contributed by atoms with Crippen LogP contribution in [0.5, 0.6) is 0 Å². The Kier molecular flexibility index (Phi) is 4.58. The molecular formula is C12H24N2O. The number of hydrogen-bond acceptors (Lipinski definition) is 2. The molecule has 2 N–H and O–H groups in total. The second kappa shape index (κ2) is 5.50. The maximum absolute atomic E-state index is 11.4. The van der Waals surface area contributed by atoms with E-state index in [0.29, 0.717) is 12.0 Å². The maximum atomic E-state index is 11.4. The first-order valence-corrected chi connectivity index (χ1v) is 5.95. The topological polar surface area (TPSA) is 41.1 Å². The summed E-state index contributed by atoms with van der Waals surface area (Å²) in [5.41, 5.74) is 0.300. The highest BCUT2D eigenvalue weighted by Gasteiger charge is 2.20. The Bertz CT molecular complexity index is 204. The Hall–Kier alpha value is -0.570. The lowest BCUT2D eigenvalue weighted by atomic mass is 9.92. The molecule has 1 aliphatic carbocycles. The molecule has 0 unspecified atom stereocenters. The average Bonchev–Trinajstić information content (AvgIpc) is 2.85. The normalized spacial score (nSPS) is 16.5. The second-order valence-corrected chi connectivity index (χ2v) is 5.73. The van der Waals surface area contributed by atoms with Gasteiger partial charge in [0.25, 0.3) is 0 Å².